The average molecular weight is 321 g/mol. The Morgan fingerprint density at radius 1 is 0.400 bits per heavy atom. The fourth-order valence-electron chi connectivity index (χ4n) is 3.28. The van der Waals surface area contributed by atoms with Crippen LogP contribution in [0.25, 0.3) is 33.4 Å². The largest absolute Gasteiger partial charge is 0.398 e. The van der Waals surface area contributed by atoms with Gasteiger partial charge in [-0.25, -0.2) is 0 Å². The molecule has 1 nitrogen and oxygen atoms in total. The van der Waals surface area contributed by atoms with Gasteiger partial charge in [0, 0.05) is 11.3 Å². The van der Waals surface area contributed by atoms with Gasteiger partial charge in [0.05, 0.1) is 0 Å². The van der Waals surface area contributed by atoms with Crippen LogP contribution < -0.4 is 5.73 Å². The minimum absolute atomic E-state index is 0.795. The van der Waals surface area contributed by atoms with Crippen molar-refractivity contribution >= 4 is 5.69 Å². The molecule has 0 aliphatic heterocycles. The highest BCUT2D eigenvalue weighted by Gasteiger charge is 2.15. The number of nitrogen functional groups attached to an aromatic ring is 1. The number of hydrogen-bond donors (Lipinski definition) is 1. The molecule has 120 valence electrons. The molecule has 0 saturated heterocycles. The SMILES string of the molecule is Nc1ccccc1-c1c(-c2ccccc2)cccc1-c1ccccc1. The summed E-state index contributed by atoms with van der Waals surface area (Å²) in [5.74, 6) is 0. The van der Waals surface area contributed by atoms with Crippen LogP contribution in [-0.4, -0.2) is 0 Å². The van der Waals surface area contributed by atoms with Crippen molar-refractivity contribution in [1.82, 2.24) is 0 Å². The van der Waals surface area contributed by atoms with Gasteiger partial charge in [-0.3, -0.25) is 0 Å². The van der Waals surface area contributed by atoms with E-state index in [1.165, 1.54) is 27.8 Å². The first-order valence-electron chi connectivity index (χ1n) is 8.43. The van der Waals surface area contributed by atoms with E-state index in [0.29, 0.717) is 0 Å². The normalized spacial score (nSPS) is 10.6. The summed E-state index contributed by atoms with van der Waals surface area (Å²) in [4.78, 5) is 0. The lowest BCUT2D eigenvalue weighted by molar-refractivity contribution is 1.55. The van der Waals surface area contributed by atoms with Gasteiger partial charge in [0.2, 0.25) is 0 Å². The molecule has 0 aliphatic rings. The van der Waals surface area contributed by atoms with E-state index >= 15 is 0 Å². The summed E-state index contributed by atoms with van der Waals surface area (Å²) in [6, 6.07) is 35.5. The van der Waals surface area contributed by atoms with Crippen molar-refractivity contribution in [2.45, 2.75) is 0 Å². The van der Waals surface area contributed by atoms with Gasteiger partial charge in [-0.2, -0.15) is 0 Å². The molecule has 0 unspecified atom stereocenters. The Labute approximate surface area is 148 Å². The van der Waals surface area contributed by atoms with Gasteiger partial charge in [-0.1, -0.05) is 97.1 Å². The zero-order valence-corrected chi connectivity index (χ0v) is 13.9. The molecule has 0 atom stereocenters. The van der Waals surface area contributed by atoms with Crippen LogP contribution in [0.1, 0.15) is 0 Å². The predicted octanol–water partition coefficient (Wildman–Crippen LogP) is 6.27. The van der Waals surface area contributed by atoms with Gasteiger partial charge in [0.1, 0.15) is 0 Å². The summed E-state index contributed by atoms with van der Waals surface area (Å²) in [7, 11) is 0. The smallest absolute Gasteiger partial charge is 0.0394 e. The van der Waals surface area contributed by atoms with Gasteiger partial charge >= 0.3 is 0 Å². The summed E-state index contributed by atoms with van der Waals surface area (Å²) in [5.41, 5.74) is 14.2. The van der Waals surface area contributed by atoms with Crippen LogP contribution >= 0.6 is 0 Å². The van der Waals surface area contributed by atoms with Crippen molar-refractivity contribution < 1.29 is 0 Å². The summed E-state index contributed by atoms with van der Waals surface area (Å²) < 4.78 is 0. The van der Waals surface area contributed by atoms with Crippen molar-refractivity contribution in [3.05, 3.63) is 103 Å². The van der Waals surface area contributed by atoms with Crippen molar-refractivity contribution in [2.75, 3.05) is 5.73 Å². The van der Waals surface area contributed by atoms with Crippen molar-refractivity contribution in [2.24, 2.45) is 0 Å². The fourth-order valence-corrected chi connectivity index (χ4v) is 3.28. The molecule has 4 rings (SSSR count). The first-order chi connectivity index (χ1) is 12.3. The highest BCUT2D eigenvalue weighted by atomic mass is 14.6. The Kier molecular flexibility index (Phi) is 4.05. The highest BCUT2D eigenvalue weighted by Crippen LogP contribution is 2.41. The van der Waals surface area contributed by atoms with Crippen molar-refractivity contribution in [3.8, 4) is 33.4 Å². The average Bonchev–Trinajstić information content (AvgIpc) is 2.69. The number of para-hydroxylation sites is 1. The van der Waals surface area contributed by atoms with Crippen LogP contribution in [0.3, 0.4) is 0 Å². The maximum atomic E-state index is 6.35. The molecule has 0 aliphatic carbocycles. The summed E-state index contributed by atoms with van der Waals surface area (Å²) in [6.07, 6.45) is 0. The van der Waals surface area contributed by atoms with Crippen molar-refractivity contribution in [3.63, 3.8) is 0 Å². The summed E-state index contributed by atoms with van der Waals surface area (Å²) >= 11 is 0. The third kappa shape index (κ3) is 2.92. The van der Waals surface area contributed by atoms with Crippen LogP contribution in [0.15, 0.2) is 103 Å². The number of benzene rings is 4. The van der Waals surface area contributed by atoms with Gasteiger partial charge in [-0.15, -0.1) is 0 Å². The topological polar surface area (TPSA) is 26.0 Å². The maximum Gasteiger partial charge on any atom is 0.0394 e. The predicted molar refractivity (Wildman–Crippen MR) is 107 cm³/mol. The third-order valence-electron chi connectivity index (χ3n) is 4.46. The molecular weight excluding hydrogens is 302 g/mol. The second-order valence-corrected chi connectivity index (χ2v) is 6.05. The molecule has 0 amide bonds. The number of nitrogens with two attached hydrogens (primary N) is 1. The number of anilines is 1. The van der Waals surface area contributed by atoms with Crippen LogP contribution in [0.5, 0.6) is 0 Å². The third-order valence-corrected chi connectivity index (χ3v) is 4.46. The van der Waals surface area contributed by atoms with Gasteiger partial charge < -0.3 is 5.73 Å². The monoisotopic (exact) mass is 321 g/mol. The van der Waals surface area contributed by atoms with Gasteiger partial charge in [0.25, 0.3) is 0 Å². The van der Waals surface area contributed by atoms with Gasteiger partial charge in [0.15, 0.2) is 0 Å². The van der Waals surface area contributed by atoms with Crippen LogP contribution in [-0.2, 0) is 0 Å². The zero-order chi connectivity index (χ0) is 17.1. The van der Waals surface area contributed by atoms with E-state index in [1.807, 2.05) is 30.3 Å². The molecule has 0 aromatic heterocycles. The maximum absolute atomic E-state index is 6.35. The minimum Gasteiger partial charge on any atom is -0.398 e. The molecule has 0 bridgehead atoms. The Morgan fingerprint density at radius 3 is 1.36 bits per heavy atom. The molecule has 0 fully saturated rings. The van der Waals surface area contributed by atoms with Crippen molar-refractivity contribution in [1.29, 1.82) is 0 Å². The molecule has 4 aromatic carbocycles. The van der Waals surface area contributed by atoms with E-state index in [1.54, 1.807) is 0 Å². The highest BCUT2D eigenvalue weighted by molar-refractivity contribution is 5.97. The van der Waals surface area contributed by atoms with E-state index in [4.69, 9.17) is 5.73 Å². The molecule has 0 heterocycles. The second-order valence-electron chi connectivity index (χ2n) is 6.05. The molecule has 4 aromatic rings. The quantitative estimate of drug-likeness (QED) is 0.442. The fraction of sp³-hybridized carbons (Fsp3) is 0. The van der Waals surface area contributed by atoms with E-state index in [9.17, 15) is 0 Å². The Balaban J connectivity index is 2.06. The molecule has 0 radical (unpaired) electrons. The Morgan fingerprint density at radius 2 is 0.840 bits per heavy atom. The summed E-state index contributed by atoms with van der Waals surface area (Å²) in [6.45, 7) is 0. The second kappa shape index (κ2) is 6.66. The summed E-state index contributed by atoms with van der Waals surface area (Å²) in [5, 5.41) is 0. The van der Waals surface area contributed by atoms with Crippen LogP contribution in [0.4, 0.5) is 5.69 Å². The number of hydrogen-bond acceptors (Lipinski definition) is 1. The van der Waals surface area contributed by atoms with Crippen LogP contribution in [0, 0.1) is 0 Å². The standard InChI is InChI=1S/C24H19N/c25-23-17-8-7-14-22(23)24-20(18-10-3-1-4-11-18)15-9-16-21(24)19-12-5-2-6-13-19/h1-17H,25H2. The Bertz CT molecular complexity index is 931. The van der Waals surface area contributed by atoms with E-state index in [2.05, 4.69) is 72.8 Å². The van der Waals surface area contributed by atoms with E-state index in [0.717, 1.165) is 11.3 Å². The van der Waals surface area contributed by atoms with E-state index in [-0.39, 0.29) is 0 Å². The lowest BCUT2D eigenvalue weighted by atomic mass is 9.87. The van der Waals surface area contributed by atoms with Gasteiger partial charge in [-0.05, 0) is 33.9 Å². The molecule has 1 heteroatoms. The molecular formula is C24H19N. The molecule has 0 spiro atoms. The Hall–Kier alpha value is -3.32. The van der Waals surface area contributed by atoms with E-state index < -0.39 is 0 Å². The molecule has 0 saturated carbocycles. The molecule has 2 N–H and O–H groups in total. The van der Waals surface area contributed by atoms with Crippen LogP contribution in [0.2, 0.25) is 0 Å². The lowest BCUT2D eigenvalue weighted by Crippen LogP contribution is -1.94. The zero-order valence-electron chi connectivity index (χ0n) is 13.9. The minimum atomic E-state index is 0.795. The molecule has 25 heavy (non-hydrogen) atoms. The lowest BCUT2D eigenvalue weighted by Gasteiger charge is -2.17. The first kappa shape index (κ1) is 15.2. The first-order valence-corrected chi connectivity index (χ1v) is 8.43. The number of rotatable bonds is 3.